The van der Waals surface area contributed by atoms with Crippen LogP contribution >= 0.6 is 0 Å². The van der Waals surface area contributed by atoms with Gasteiger partial charge in [-0.15, -0.1) is 0 Å². The van der Waals surface area contributed by atoms with E-state index < -0.39 is 5.91 Å². The number of nitrogens with one attached hydrogen (secondary N) is 2. The van der Waals surface area contributed by atoms with E-state index in [1.165, 1.54) is 23.0 Å². The average Bonchev–Trinajstić information content (AvgIpc) is 3.66. The van der Waals surface area contributed by atoms with Crippen LogP contribution in [-0.4, -0.2) is 32.0 Å². The molecule has 2 heterocycles. The fourth-order valence-electron chi connectivity index (χ4n) is 4.40. The summed E-state index contributed by atoms with van der Waals surface area (Å²) in [6, 6.07) is 17.3. The van der Waals surface area contributed by atoms with Crippen LogP contribution in [0.1, 0.15) is 53.4 Å². The first-order valence-corrected chi connectivity index (χ1v) is 11.6. The molecule has 1 aliphatic carbocycles. The number of hydrogen-bond donors (Lipinski definition) is 3. The van der Waals surface area contributed by atoms with Gasteiger partial charge in [0, 0.05) is 29.8 Å². The lowest BCUT2D eigenvalue weighted by Gasteiger charge is -2.12. The largest absolute Gasteiger partial charge is 0.507 e. The number of phenols is 1. The van der Waals surface area contributed by atoms with Gasteiger partial charge in [0.15, 0.2) is 0 Å². The topological polar surface area (TPSA) is 122 Å². The van der Waals surface area contributed by atoms with E-state index in [9.17, 15) is 14.7 Å². The molecule has 1 fully saturated rings. The van der Waals surface area contributed by atoms with Crippen molar-refractivity contribution in [1.82, 2.24) is 20.3 Å². The first kappa shape index (κ1) is 22.4. The zero-order valence-corrected chi connectivity index (χ0v) is 19.0. The number of hydrogen-bond acceptors (Lipinski definition) is 6. The highest BCUT2D eigenvalue weighted by Crippen LogP contribution is 2.38. The van der Waals surface area contributed by atoms with Crippen LogP contribution in [0.5, 0.6) is 5.75 Å². The molecule has 3 N–H and O–H groups in total. The third kappa shape index (κ3) is 4.93. The van der Waals surface area contributed by atoms with Crippen LogP contribution in [0.4, 0.5) is 10.5 Å². The Kier molecular flexibility index (Phi) is 6.30. The maximum absolute atomic E-state index is 13.1. The van der Waals surface area contributed by atoms with Gasteiger partial charge in [0.25, 0.3) is 5.91 Å². The van der Waals surface area contributed by atoms with Gasteiger partial charge >= 0.3 is 6.03 Å². The van der Waals surface area contributed by atoms with Crippen LogP contribution in [0.15, 0.2) is 71.4 Å². The van der Waals surface area contributed by atoms with Gasteiger partial charge < -0.3 is 20.3 Å². The first-order chi connectivity index (χ1) is 17.1. The molecule has 0 spiro atoms. The van der Waals surface area contributed by atoms with Crippen LogP contribution in [0.2, 0.25) is 0 Å². The summed E-state index contributed by atoms with van der Waals surface area (Å²) in [6.45, 7) is 0.382. The lowest BCUT2D eigenvalue weighted by atomic mass is 10.0. The molecule has 0 radical (unpaired) electrons. The molecule has 0 bridgehead atoms. The summed E-state index contributed by atoms with van der Waals surface area (Å²) in [7, 11) is 0. The molecule has 4 aromatic rings. The van der Waals surface area contributed by atoms with Crippen molar-refractivity contribution in [3.63, 3.8) is 0 Å². The molecule has 5 rings (SSSR count). The SMILES string of the molecule is O=C(Nc1ccc(O)c(-c2cc(C3CCCC3)n(C(=O)NCc3ccccc3)n2)c1)c1ccno1. The summed E-state index contributed by atoms with van der Waals surface area (Å²) in [4.78, 5) is 25.5. The Labute approximate surface area is 201 Å². The van der Waals surface area contributed by atoms with Crippen molar-refractivity contribution in [3.8, 4) is 17.0 Å². The quantitative estimate of drug-likeness (QED) is 0.343. The number of aromatic hydroxyl groups is 1. The third-order valence-electron chi connectivity index (χ3n) is 6.18. The van der Waals surface area contributed by atoms with Crippen LogP contribution in [0.3, 0.4) is 0 Å². The number of aromatic nitrogens is 3. The predicted octanol–water partition coefficient (Wildman–Crippen LogP) is 4.91. The summed E-state index contributed by atoms with van der Waals surface area (Å²) in [5.74, 6) is -0.177. The summed E-state index contributed by atoms with van der Waals surface area (Å²) in [5, 5.41) is 24.3. The Bertz CT molecular complexity index is 1330. The first-order valence-electron chi connectivity index (χ1n) is 11.6. The van der Waals surface area contributed by atoms with Gasteiger partial charge in [0.05, 0.1) is 17.6 Å². The number of phenolic OH excluding ortho intramolecular Hbond substituents is 1. The summed E-state index contributed by atoms with van der Waals surface area (Å²) in [5.41, 5.74) is 3.12. The maximum atomic E-state index is 13.1. The normalized spacial score (nSPS) is 13.6. The lowest BCUT2D eigenvalue weighted by molar-refractivity contribution is 0.0988. The van der Waals surface area contributed by atoms with Gasteiger partial charge in [-0.2, -0.15) is 9.78 Å². The zero-order valence-electron chi connectivity index (χ0n) is 19.0. The fourth-order valence-corrected chi connectivity index (χ4v) is 4.40. The molecule has 9 nitrogen and oxygen atoms in total. The van der Waals surface area contributed by atoms with Gasteiger partial charge in [0.1, 0.15) is 5.75 Å². The minimum atomic E-state index is -0.461. The van der Waals surface area contributed by atoms with Crippen molar-refractivity contribution in [2.45, 2.75) is 38.1 Å². The molecule has 0 aliphatic heterocycles. The van der Waals surface area contributed by atoms with Crippen LogP contribution in [0, 0.1) is 0 Å². The van der Waals surface area contributed by atoms with Crippen molar-refractivity contribution in [3.05, 3.63) is 83.9 Å². The van der Waals surface area contributed by atoms with Crippen molar-refractivity contribution in [2.24, 2.45) is 0 Å². The van der Waals surface area contributed by atoms with E-state index in [1.54, 1.807) is 12.1 Å². The molecule has 1 aliphatic rings. The second kappa shape index (κ2) is 9.84. The Morgan fingerprint density at radius 3 is 2.60 bits per heavy atom. The van der Waals surface area contributed by atoms with Crippen LogP contribution in [-0.2, 0) is 6.54 Å². The molecule has 2 amide bonds. The minimum Gasteiger partial charge on any atom is -0.507 e. The standard InChI is InChI=1S/C26H25N5O4/c32-23-11-10-19(29-25(33)24-12-13-28-35-24)14-20(23)21-15-22(18-8-4-5-9-18)31(30-21)26(34)27-16-17-6-2-1-3-7-17/h1-3,6-7,10-15,18,32H,4-5,8-9,16H2,(H,27,34)(H,29,33). The van der Waals surface area contributed by atoms with Crippen molar-refractivity contribution >= 4 is 17.6 Å². The highest BCUT2D eigenvalue weighted by atomic mass is 16.5. The maximum Gasteiger partial charge on any atom is 0.342 e. The monoisotopic (exact) mass is 471 g/mol. The van der Waals surface area contributed by atoms with Gasteiger partial charge in [-0.3, -0.25) is 4.79 Å². The van der Waals surface area contributed by atoms with Crippen molar-refractivity contribution in [1.29, 1.82) is 0 Å². The van der Waals surface area contributed by atoms with E-state index in [-0.39, 0.29) is 23.5 Å². The molecule has 0 atom stereocenters. The van der Waals surface area contributed by atoms with Crippen LogP contribution < -0.4 is 10.6 Å². The second-order valence-electron chi connectivity index (χ2n) is 8.55. The van der Waals surface area contributed by atoms with Gasteiger partial charge in [0.2, 0.25) is 5.76 Å². The van der Waals surface area contributed by atoms with E-state index in [2.05, 4.69) is 20.9 Å². The number of carbonyl (C=O) groups excluding carboxylic acids is 2. The van der Waals surface area contributed by atoms with Gasteiger partial charge in [-0.05, 0) is 42.7 Å². The van der Waals surface area contributed by atoms with Crippen molar-refractivity contribution < 1.29 is 19.2 Å². The second-order valence-corrected chi connectivity index (χ2v) is 8.55. The number of carbonyl (C=O) groups is 2. The molecule has 9 heteroatoms. The summed E-state index contributed by atoms with van der Waals surface area (Å²) < 4.78 is 6.30. The number of rotatable bonds is 6. The molecule has 0 saturated heterocycles. The predicted molar refractivity (Wildman–Crippen MR) is 129 cm³/mol. The van der Waals surface area contributed by atoms with E-state index in [0.29, 0.717) is 23.5 Å². The zero-order chi connectivity index (χ0) is 24.2. The van der Waals surface area contributed by atoms with Crippen LogP contribution in [0.25, 0.3) is 11.3 Å². The Morgan fingerprint density at radius 2 is 1.86 bits per heavy atom. The highest BCUT2D eigenvalue weighted by Gasteiger charge is 2.26. The number of anilines is 1. The Hall–Kier alpha value is -4.40. The molecule has 178 valence electrons. The molecular formula is C26H25N5O4. The summed E-state index contributed by atoms with van der Waals surface area (Å²) >= 11 is 0. The lowest BCUT2D eigenvalue weighted by Crippen LogP contribution is -2.30. The highest BCUT2D eigenvalue weighted by molar-refractivity contribution is 6.02. The number of benzene rings is 2. The summed E-state index contributed by atoms with van der Waals surface area (Å²) in [6.07, 6.45) is 5.56. The Morgan fingerprint density at radius 1 is 1.06 bits per heavy atom. The van der Waals surface area contributed by atoms with Gasteiger partial charge in [-0.1, -0.05) is 48.3 Å². The minimum absolute atomic E-state index is 0.00465. The van der Waals surface area contributed by atoms with Crippen molar-refractivity contribution in [2.75, 3.05) is 5.32 Å². The molecule has 0 unspecified atom stereocenters. The molecule has 35 heavy (non-hydrogen) atoms. The fraction of sp³-hybridized carbons (Fsp3) is 0.231. The average molecular weight is 472 g/mol. The smallest absolute Gasteiger partial charge is 0.342 e. The van der Waals surface area contributed by atoms with E-state index >= 15 is 0 Å². The number of nitrogens with zero attached hydrogens (tertiary/aromatic N) is 3. The molecule has 1 saturated carbocycles. The molecule has 2 aromatic heterocycles. The Balaban J connectivity index is 1.43. The molecular weight excluding hydrogens is 446 g/mol. The van der Waals surface area contributed by atoms with E-state index in [0.717, 1.165) is 36.9 Å². The van der Waals surface area contributed by atoms with Gasteiger partial charge in [-0.25, -0.2) is 4.79 Å². The van der Waals surface area contributed by atoms with E-state index in [4.69, 9.17) is 4.52 Å². The number of amides is 2. The third-order valence-corrected chi connectivity index (χ3v) is 6.18. The van der Waals surface area contributed by atoms with E-state index in [1.807, 2.05) is 36.4 Å². The molecule has 2 aromatic carbocycles.